The summed E-state index contributed by atoms with van der Waals surface area (Å²) in [4.78, 5) is 0. The van der Waals surface area contributed by atoms with Gasteiger partial charge in [0.2, 0.25) is 0 Å². The highest BCUT2D eigenvalue weighted by molar-refractivity contribution is 6.35. The van der Waals surface area contributed by atoms with Gasteiger partial charge in [-0.05, 0) is 36.5 Å². The van der Waals surface area contributed by atoms with Crippen molar-refractivity contribution in [2.45, 2.75) is 19.4 Å². The second-order valence-corrected chi connectivity index (χ2v) is 5.29. The molecule has 1 atom stereocenters. The Bertz CT molecular complexity index is 364. The van der Waals surface area contributed by atoms with Crippen LogP contribution in [0.2, 0.25) is 10.0 Å². The smallest absolute Gasteiger partial charge is 0.0506 e. The van der Waals surface area contributed by atoms with Gasteiger partial charge in [0, 0.05) is 29.7 Å². The number of nitrogens with one attached hydrogen (secondary N) is 1. The van der Waals surface area contributed by atoms with Gasteiger partial charge in [0.05, 0.1) is 6.61 Å². The van der Waals surface area contributed by atoms with Crippen LogP contribution < -0.4 is 5.32 Å². The Morgan fingerprint density at radius 1 is 1.35 bits per heavy atom. The van der Waals surface area contributed by atoms with Crippen LogP contribution in [0, 0.1) is 5.92 Å². The van der Waals surface area contributed by atoms with Gasteiger partial charge in [0.25, 0.3) is 0 Å². The number of hydrogen-bond donors (Lipinski definition) is 1. The fraction of sp³-hybridized carbons (Fsp3) is 0.538. The number of ether oxygens (including phenoxy) is 1. The summed E-state index contributed by atoms with van der Waals surface area (Å²) in [5.74, 6) is 0.634. The summed E-state index contributed by atoms with van der Waals surface area (Å²) in [5.41, 5.74) is 1.09. The molecule has 1 heterocycles. The van der Waals surface area contributed by atoms with E-state index in [2.05, 4.69) is 5.32 Å². The van der Waals surface area contributed by atoms with Crippen molar-refractivity contribution in [3.8, 4) is 0 Å². The second kappa shape index (κ2) is 6.60. The summed E-state index contributed by atoms with van der Waals surface area (Å²) in [6, 6.07) is 5.62. The molecule has 1 aromatic carbocycles. The van der Waals surface area contributed by atoms with E-state index in [1.54, 1.807) is 6.07 Å². The van der Waals surface area contributed by atoms with Crippen molar-refractivity contribution in [2.24, 2.45) is 5.92 Å². The van der Waals surface area contributed by atoms with Crippen LogP contribution in [0.1, 0.15) is 18.4 Å². The van der Waals surface area contributed by atoms with E-state index < -0.39 is 0 Å². The van der Waals surface area contributed by atoms with Crippen LogP contribution in [0.4, 0.5) is 0 Å². The van der Waals surface area contributed by atoms with Crippen molar-refractivity contribution in [2.75, 3.05) is 19.8 Å². The number of benzene rings is 1. The molecule has 2 rings (SSSR count). The average Bonchev–Trinajstić information content (AvgIpc) is 2.33. The first kappa shape index (κ1) is 13.2. The van der Waals surface area contributed by atoms with E-state index >= 15 is 0 Å². The SMILES string of the molecule is Clc1ccc(CNCC2CCCOC2)c(Cl)c1. The minimum absolute atomic E-state index is 0.634. The molecule has 1 N–H and O–H groups in total. The third-order valence-electron chi connectivity index (χ3n) is 3.02. The first-order valence-electron chi connectivity index (χ1n) is 5.98. The fourth-order valence-corrected chi connectivity index (χ4v) is 2.52. The van der Waals surface area contributed by atoms with Crippen molar-refractivity contribution in [1.82, 2.24) is 5.32 Å². The molecule has 1 aliphatic rings. The van der Waals surface area contributed by atoms with Gasteiger partial charge in [-0.3, -0.25) is 0 Å². The predicted molar refractivity (Wildman–Crippen MR) is 71.7 cm³/mol. The summed E-state index contributed by atoms with van der Waals surface area (Å²) < 4.78 is 5.44. The predicted octanol–water partition coefficient (Wildman–Crippen LogP) is 3.51. The highest BCUT2D eigenvalue weighted by Gasteiger charge is 2.13. The number of halogens is 2. The molecule has 94 valence electrons. The van der Waals surface area contributed by atoms with Crippen molar-refractivity contribution in [1.29, 1.82) is 0 Å². The summed E-state index contributed by atoms with van der Waals surface area (Å²) in [6.45, 7) is 3.56. The molecule has 1 saturated heterocycles. The topological polar surface area (TPSA) is 21.3 Å². The summed E-state index contributed by atoms with van der Waals surface area (Å²) in [5, 5.41) is 4.83. The third-order valence-corrected chi connectivity index (χ3v) is 3.61. The molecule has 0 spiro atoms. The van der Waals surface area contributed by atoms with Crippen LogP contribution in [0.5, 0.6) is 0 Å². The summed E-state index contributed by atoms with van der Waals surface area (Å²) >= 11 is 12.0. The van der Waals surface area contributed by atoms with Crippen molar-refractivity contribution >= 4 is 23.2 Å². The Kier molecular flexibility index (Phi) is 5.11. The van der Waals surface area contributed by atoms with Crippen LogP contribution in [-0.4, -0.2) is 19.8 Å². The lowest BCUT2D eigenvalue weighted by atomic mass is 10.0. The van der Waals surface area contributed by atoms with Crippen LogP contribution in [0.15, 0.2) is 18.2 Å². The quantitative estimate of drug-likeness (QED) is 0.907. The maximum atomic E-state index is 6.10. The Labute approximate surface area is 112 Å². The fourth-order valence-electron chi connectivity index (χ4n) is 2.04. The highest BCUT2D eigenvalue weighted by atomic mass is 35.5. The van der Waals surface area contributed by atoms with Gasteiger partial charge in [-0.15, -0.1) is 0 Å². The monoisotopic (exact) mass is 273 g/mol. The molecule has 0 radical (unpaired) electrons. The van der Waals surface area contributed by atoms with Crippen LogP contribution >= 0.6 is 23.2 Å². The maximum absolute atomic E-state index is 6.10. The Balaban J connectivity index is 1.77. The molecule has 0 aromatic heterocycles. The van der Waals surface area contributed by atoms with Crippen LogP contribution in [0.25, 0.3) is 0 Å². The summed E-state index contributed by atoms with van der Waals surface area (Å²) in [6.07, 6.45) is 2.43. The minimum atomic E-state index is 0.634. The van der Waals surface area contributed by atoms with E-state index in [4.69, 9.17) is 27.9 Å². The maximum Gasteiger partial charge on any atom is 0.0506 e. The van der Waals surface area contributed by atoms with Gasteiger partial charge in [0.1, 0.15) is 0 Å². The molecule has 1 unspecified atom stereocenters. The summed E-state index contributed by atoms with van der Waals surface area (Å²) in [7, 11) is 0. The van der Waals surface area contributed by atoms with Gasteiger partial charge in [0.15, 0.2) is 0 Å². The highest BCUT2D eigenvalue weighted by Crippen LogP contribution is 2.21. The zero-order valence-corrected chi connectivity index (χ0v) is 11.2. The third kappa shape index (κ3) is 4.14. The van der Waals surface area contributed by atoms with E-state index in [-0.39, 0.29) is 0 Å². The minimum Gasteiger partial charge on any atom is -0.381 e. The normalized spacial score (nSPS) is 20.5. The molecule has 0 bridgehead atoms. The Hall–Kier alpha value is -0.280. The van der Waals surface area contributed by atoms with Gasteiger partial charge in [-0.2, -0.15) is 0 Å². The van der Waals surface area contributed by atoms with E-state index in [0.29, 0.717) is 10.9 Å². The van der Waals surface area contributed by atoms with Crippen LogP contribution in [0.3, 0.4) is 0 Å². The van der Waals surface area contributed by atoms with Crippen molar-refractivity contribution in [3.63, 3.8) is 0 Å². The molecular formula is C13H17Cl2NO. The molecule has 1 aromatic rings. The van der Waals surface area contributed by atoms with E-state index in [1.807, 2.05) is 12.1 Å². The standard InChI is InChI=1S/C13H17Cl2NO/c14-12-4-3-11(13(15)6-12)8-16-7-10-2-1-5-17-9-10/h3-4,6,10,16H,1-2,5,7-9H2. The Morgan fingerprint density at radius 2 is 2.24 bits per heavy atom. The first-order chi connectivity index (χ1) is 8.25. The van der Waals surface area contributed by atoms with E-state index in [9.17, 15) is 0 Å². The van der Waals surface area contributed by atoms with Gasteiger partial charge < -0.3 is 10.1 Å². The molecule has 17 heavy (non-hydrogen) atoms. The average molecular weight is 274 g/mol. The van der Waals surface area contributed by atoms with Gasteiger partial charge in [-0.1, -0.05) is 29.3 Å². The number of hydrogen-bond acceptors (Lipinski definition) is 2. The zero-order chi connectivity index (χ0) is 12.1. The molecule has 0 aliphatic carbocycles. The van der Waals surface area contributed by atoms with Crippen molar-refractivity contribution < 1.29 is 4.74 Å². The second-order valence-electron chi connectivity index (χ2n) is 4.45. The molecule has 0 amide bonds. The van der Waals surface area contributed by atoms with Crippen LogP contribution in [-0.2, 0) is 11.3 Å². The van der Waals surface area contributed by atoms with Crippen molar-refractivity contribution in [3.05, 3.63) is 33.8 Å². The molecule has 4 heteroatoms. The molecular weight excluding hydrogens is 257 g/mol. The largest absolute Gasteiger partial charge is 0.381 e. The first-order valence-corrected chi connectivity index (χ1v) is 6.73. The number of rotatable bonds is 4. The van der Waals surface area contributed by atoms with E-state index in [1.165, 1.54) is 12.8 Å². The lowest BCUT2D eigenvalue weighted by Crippen LogP contribution is -2.28. The lowest BCUT2D eigenvalue weighted by Gasteiger charge is -2.22. The Morgan fingerprint density at radius 3 is 2.94 bits per heavy atom. The molecule has 2 nitrogen and oxygen atoms in total. The molecule has 1 aliphatic heterocycles. The molecule has 0 saturated carbocycles. The molecule has 1 fully saturated rings. The van der Waals surface area contributed by atoms with E-state index in [0.717, 1.165) is 36.9 Å². The van der Waals surface area contributed by atoms with Gasteiger partial charge >= 0.3 is 0 Å². The zero-order valence-electron chi connectivity index (χ0n) is 9.72. The van der Waals surface area contributed by atoms with Gasteiger partial charge in [-0.25, -0.2) is 0 Å². The lowest BCUT2D eigenvalue weighted by molar-refractivity contribution is 0.0547.